The average Bonchev–Trinajstić information content (AvgIpc) is 2.66. The second kappa shape index (κ2) is 6.38. The summed E-state index contributed by atoms with van der Waals surface area (Å²) in [5.74, 6) is 0.912. The van der Waals surface area contributed by atoms with Crippen LogP contribution in [0.3, 0.4) is 0 Å². The fraction of sp³-hybridized carbons (Fsp3) is 1.00. The Hall–Kier alpha value is -0.120. The van der Waals surface area contributed by atoms with Crippen molar-refractivity contribution in [1.29, 1.82) is 0 Å². The van der Waals surface area contributed by atoms with Crippen LogP contribution in [0.1, 0.15) is 25.7 Å². The summed E-state index contributed by atoms with van der Waals surface area (Å²) in [6.07, 6.45) is 5.85. The van der Waals surface area contributed by atoms with Gasteiger partial charge in [-0.25, -0.2) is 0 Å². The molecule has 0 heterocycles. The van der Waals surface area contributed by atoms with Gasteiger partial charge in [0.15, 0.2) is 0 Å². The van der Waals surface area contributed by atoms with Gasteiger partial charge in [0.1, 0.15) is 0 Å². The van der Waals surface area contributed by atoms with Crippen molar-refractivity contribution in [3.8, 4) is 0 Å². The topological polar surface area (TPSA) is 38.5 Å². The lowest BCUT2D eigenvalue weighted by Crippen LogP contribution is -2.37. The Balaban J connectivity index is 2.16. The van der Waals surface area contributed by atoms with Gasteiger partial charge < -0.3 is 15.4 Å². The number of hydrogen-bond acceptors (Lipinski definition) is 3. The predicted octanol–water partition coefficient (Wildman–Crippen LogP) is 1.08. The highest BCUT2D eigenvalue weighted by Gasteiger charge is 2.18. The van der Waals surface area contributed by atoms with Gasteiger partial charge in [-0.15, -0.1) is 0 Å². The third-order valence-electron chi connectivity index (χ3n) is 3.16. The first-order valence-corrected chi connectivity index (χ1v) is 5.67. The van der Waals surface area contributed by atoms with E-state index in [0.717, 1.165) is 12.5 Å². The summed E-state index contributed by atoms with van der Waals surface area (Å²) in [4.78, 5) is 2.36. The summed E-state index contributed by atoms with van der Waals surface area (Å²) in [5.41, 5.74) is 5.59. The molecule has 0 amide bonds. The fourth-order valence-electron chi connectivity index (χ4n) is 2.30. The van der Waals surface area contributed by atoms with Gasteiger partial charge in [-0.2, -0.15) is 0 Å². The minimum atomic E-state index is 0.196. The highest BCUT2D eigenvalue weighted by molar-refractivity contribution is 4.72. The molecule has 0 aromatic carbocycles. The predicted molar refractivity (Wildman–Crippen MR) is 59.3 cm³/mol. The first-order valence-electron chi connectivity index (χ1n) is 5.67. The Labute approximate surface area is 87.6 Å². The lowest BCUT2D eigenvalue weighted by molar-refractivity contribution is 0.0737. The van der Waals surface area contributed by atoms with Crippen molar-refractivity contribution in [1.82, 2.24) is 4.90 Å². The van der Waals surface area contributed by atoms with E-state index < -0.39 is 0 Å². The molecule has 1 aliphatic rings. The second-order valence-corrected chi connectivity index (χ2v) is 4.47. The highest BCUT2D eigenvalue weighted by Crippen LogP contribution is 2.25. The van der Waals surface area contributed by atoms with Crippen molar-refractivity contribution >= 4 is 0 Å². The number of ether oxygens (including phenoxy) is 1. The van der Waals surface area contributed by atoms with Gasteiger partial charge in [-0.1, -0.05) is 12.8 Å². The van der Waals surface area contributed by atoms with E-state index in [1.54, 1.807) is 7.11 Å². The third kappa shape index (κ3) is 3.95. The number of nitrogens with two attached hydrogens (primary N) is 1. The van der Waals surface area contributed by atoms with Crippen LogP contribution in [0, 0.1) is 5.92 Å². The van der Waals surface area contributed by atoms with Crippen LogP contribution < -0.4 is 5.73 Å². The zero-order chi connectivity index (χ0) is 10.4. The number of nitrogens with zero attached hydrogens (tertiary/aromatic N) is 1. The molecule has 1 aliphatic carbocycles. The maximum atomic E-state index is 5.59. The van der Waals surface area contributed by atoms with E-state index in [4.69, 9.17) is 10.5 Å². The summed E-state index contributed by atoms with van der Waals surface area (Å²) in [6.45, 7) is 2.79. The number of hydrogen-bond donors (Lipinski definition) is 1. The highest BCUT2D eigenvalue weighted by atomic mass is 16.5. The smallest absolute Gasteiger partial charge is 0.0820 e. The molecule has 1 saturated carbocycles. The second-order valence-electron chi connectivity index (χ2n) is 4.47. The molecule has 3 nitrogen and oxygen atoms in total. The molecule has 84 valence electrons. The van der Waals surface area contributed by atoms with Gasteiger partial charge in [-0.05, 0) is 25.8 Å². The quantitative estimate of drug-likeness (QED) is 0.697. The van der Waals surface area contributed by atoms with Crippen molar-refractivity contribution in [3.05, 3.63) is 0 Å². The lowest BCUT2D eigenvalue weighted by Gasteiger charge is -2.24. The summed E-state index contributed by atoms with van der Waals surface area (Å²) < 4.78 is 5.27. The van der Waals surface area contributed by atoms with E-state index in [2.05, 4.69) is 11.9 Å². The van der Waals surface area contributed by atoms with Gasteiger partial charge in [0.25, 0.3) is 0 Å². The van der Waals surface area contributed by atoms with Gasteiger partial charge in [0.2, 0.25) is 0 Å². The minimum absolute atomic E-state index is 0.196. The largest absolute Gasteiger partial charge is 0.379 e. The van der Waals surface area contributed by atoms with E-state index in [-0.39, 0.29) is 6.10 Å². The zero-order valence-electron chi connectivity index (χ0n) is 9.54. The molecule has 1 atom stereocenters. The zero-order valence-corrected chi connectivity index (χ0v) is 9.54. The molecular weight excluding hydrogens is 176 g/mol. The van der Waals surface area contributed by atoms with Crippen LogP contribution in [0.4, 0.5) is 0 Å². The average molecular weight is 200 g/mol. The normalized spacial score (nSPS) is 20.6. The van der Waals surface area contributed by atoms with Gasteiger partial charge in [0, 0.05) is 26.7 Å². The molecule has 2 N–H and O–H groups in total. The first-order chi connectivity index (χ1) is 6.76. The van der Waals surface area contributed by atoms with Crippen molar-refractivity contribution in [2.45, 2.75) is 31.8 Å². The van der Waals surface area contributed by atoms with Crippen LogP contribution in [0.2, 0.25) is 0 Å². The Morgan fingerprint density at radius 3 is 2.57 bits per heavy atom. The van der Waals surface area contributed by atoms with E-state index >= 15 is 0 Å². The van der Waals surface area contributed by atoms with Crippen LogP contribution in [-0.2, 0) is 4.74 Å². The van der Waals surface area contributed by atoms with Crippen molar-refractivity contribution in [3.63, 3.8) is 0 Å². The van der Waals surface area contributed by atoms with Gasteiger partial charge >= 0.3 is 0 Å². The molecule has 3 heteroatoms. The first kappa shape index (κ1) is 12.0. The molecule has 1 unspecified atom stereocenters. The molecule has 0 aliphatic heterocycles. The number of rotatable bonds is 6. The lowest BCUT2D eigenvalue weighted by atomic mass is 10.1. The molecule has 1 fully saturated rings. The van der Waals surface area contributed by atoms with Crippen LogP contribution in [-0.4, -0.2) is 44.8 Å². The van der Waals surface area contributed by atoms with Crippen molar-refractivity contribution in [2.75, 3.05) is 33.8 Å². The third-order valence-corrected chi connectivity index (χ3v) is 3.16. The monoisotopic (exact) mass is 200 g/mol. The standard InChI is InChI=1S/C11H24N2O/c1-13(9-11(7-12)14-2)8-10-5-3-4-6-10/h10-11H,3-9,12H2,1-2H3. The van der Waals surface area contributed by atoms with Gasteiger partial charge in [-0.3, -0.25) is 0 Å². The molecule has 1 rings (SSSR count). The van der Waals surface area contributed by atoms with E-state index in [1.165, 1.54) is 32.2 Å². The summed E-state index contributed by atoms with van der Waals surface area (Å²) >= 11 is 0. The Morgan fingerprint density at radius 2 is 2.07 bits per heavy atom. The molecule has 0 aromatic rings. The minimum Gasteiger partial charge on any atom is -0.379 e. The van der Waals surface area contributed by atoms with Crippen LogP contribution in [0.5, 0.6) is 0 Å². The summed E-state index contributed by atoms with van der Waals surface area (Å²) in [5, 5.41) is 0. The number of methoxy groups -OCH3 is 1. The molecule has 0 radical (unpaired) electrons. The van der Waals surface area contributed by atoms with Crippen LogP contribution in [0.15, 0.2) is 0 Å². The Morgan fingerprint density at radius 1 is 1.43 bits per heavy atom. The molecule has 0 spiro atoms. The Bertz CT molecular complexity index is 138. The van der Waals surface area contributed by atoms with E-state index in [0.29, 0.717) is 6.54 Å². The van der Waals surface area contributed by atoms with Crippen LogP contribution in [0.25, 0.3) is 0 Å². The number of likely N-dealkylation sites (N-methyl/N-ethyl adjacent to an activating group) is 1. The molecule has 0 saturated heterocycles. The fourth-order valence-corrected chi connectivity index (χ4v) is 2.30. The van der Waals surface area contributed by atoms with Crippen molar-refractivity contribution in [2.24, 2.45) is 11.7 Å². The van der Waals surface area contributed by atoms with E-state index in [1.807, 2.05) is 0 Å². The van der Waals surface area contributed by atoms with Gasteiger partial charge in [0.05, 0.1) is 6.10 Å². The molecule has 0 aromatic heterocycles. The summed E-state index contributed by atoms with van der Waals surface area (Å²) in [6, 6.07) is 0. The Kier molecular flexibility index (Phi) is 5.45. The SMILES string of the molecule is COC(CN)CN(C)CC1CCCC1. The molecule has 0 bridgehead atoms. The maximum absolute atomic E-state index is 5.59. The molecular formula is C11H24N2O. The molecule has 14 heavy (non-hydrogen) atoms. The van der Waals surface area contributed by atoms with Crippen molar-refractivity contribution < 1.29 is 4.74 Å². The summed E-state index contributed by atoms with van der Waals surface area (Å²) in [7, 11) is 3.90. The van der Waals surface area contributed by atoms with E-state index in [9.17, 15) is 0 Å². The van der Waals surface area contributed by atoms with Crippen LogP contribution >= 0.6 is 0 Å². The maximum Gasteiger partial charge on any atom is 0.0820 e.